The van der Waals surface area contributed by atoms with Crippen molar-refractivity contribution in [2.75, 3.05) is 19.0 Å². The minimum absolute atomic E-state index is 0.0683. The molecule has 0 radical (unpaired) electrons. The lowest BCUT2D eigenvalue weighted by atomic mass is 9.92. The highest BCUT2D eigenvalue weighted by atomic mass is 19.4. The number of aliphatic hydroxyl groups is 1. The van der Waals surface area contributed by atoms with Crippen molar-refractivity contribution >= 4 is 22.3 Å². The molecule has 10 heteroatoms. The van der Waals surface area contributed by atoms with Crippen LogP contribution >= 0.6 is 0 Å². The zero-order valence-electron chi connectivity index (χ0n) is 18.6. The number of benzene rings is 3. The third-order valence-corrected chi connectivity index (χ3v) is 5.81. The normalized spacial score (nSPS) is 13.4. The van der Waals surface area contributed by atoms with E-state index in [0.29, 0.717) is 11.4 Å². The van der Waals surface area contributed by atoms with E-state index in [2.05, 4.69) is 5.32 Å². The Labute approximate surface area is 198 Å². The Kier molecular flexibility index (Phi) is 6.40. The van der Waals surface area contributed by atoms with Crippen molar-refractivity contribution in [3.63, 3.8) is 0 Å². The number of rotatable bonds is 8. The fourth-order valence-electron chi connectivity index (χ4n) is 3.95. The second-order valence-corrected chi connectivity index (χ2v) is 8.06. The molecule has 1 atom stereocenters. The molecule has 1 aromatic heterocycles. The minimum Gasteiger partial charge on any atom is -0.497 e. The van der Waals surface area contributed by atoms with Crippen LogP contribution in [0.4, 0.5) is 24.5 Å². The van der Waals surface area contributed by atoms with E-state index in [1.54, 1.807) is 48.5 Å². The molecule has 0 bridgehead atoms. The summed E-state index contributed by atoms with van der Waals surface area (Å²) < 4.78 is 49.7. The molecule has 0 aliphatic rings. The molecular formula is C25H22F3N3O4. The first-order valence-electron chi connectivity index (χ1n) is 10.6. The quantitative estimate of drug-likeness (QED) is 0.255. The van der Waals surface area contributed by atoms with Crippen molar-refractivity contribution in [3.05, 3.63) is 100 Å². The van der Waals surface area contributed by atoms with E-state index in [9.17, 15) is 28.4 Å². The van der Waals surface area contributed by atoms with Crippen molar-refractivity contribution in [2.24, 2.45) is 0 Å². The number of non-ortho nitro benzene ring substituents is 1. The number of fused-ring (bicyclic) bond motifs is 1. The monoisotopic (exact) mass is 485 g/mol. The summed E-state index contributed by atoms with van der Waals surface area (Å²) in [5.41, 5.74) is -2.63. The number of nitrogens with one attached hydrogen (secondary N) is 1. The van der Waals surface area contributed by atoms with Crippen LogP contribution in [-0.2, 0) is 12.1 Å². The van der Waals surface area contributed by atoms with Gasteiger partial charge in [0.2, 0.25) is 5.60 Å². The second-order valence-electron chi connectivity index (χ2n) is 8.06. The number of alkyl halides is 3. The number of hydrogen-bond donors (Lipinski definition) is 2. The second kappa shape index (κ2) is 9.30. The van der Waals surface area contributed by atoms with Crippen LogP contribution in [0.25, 0.3) is 10.9 Å². The van der Waals surface area contributed by atoms with Gasteiger partial charge < -0.3 is 19.7 Å². The van der Waals surface area contributed by atoms with Crippen molar-refractivity contribution < 1.29 is 27.9 Å². The molecule has 4 aromatic rings. The molecule has 0 spiro atoms. The lowest BCUT2D eigenvalue weighted by molar-refractivity contribution is -0.384. The lowest BCUT2D eigenvalue weighted by Crippen LogP contribution is -2.47. The molecule has 0 saturated carbocycles. The zero-order chi connectivity index (χ0) is 25.2. The molecule has 1 heterocycles. The van der Waals surface area contributed by atoms with Crippen molar-refractivity contribution in [2.45, 2.75) is 18.3 Å². The Balaban J connectivity index is 1.82. The first-order chi connectivity index (χ1) is 16.6. The van der Waals surface area contributed by atoms with Gasteiger partial charge in [0.25, 0.3) is 5.69 Å². The Morgan fingerprint density at radius 3 is 2.46 bits per heavy atom. The topological polar surface area (TPSA) is 89.6 Å². The van der Waals surface area contributed by atoms with Gasteiger partial charge in [0.05, 0.1) is 24.1 Å². The van der Waals surface area contributed by atoms with Gasteiger partial charge in [0.15, 0.2) is 0 Å². The van der Waals surface area contributed by atoms with Crippen LogP contribution in [0, 0.1) is 10.1 Å². The molecule has 0 amide bonds. The summed E-state index contributed by atoms with van der Waals surface area (Å²) in [5, 5.41) is 25.2. The maximum atomic E-state index is 14.4. The number of methoxy groups -OCH3 is 1. The van der Waals surface area contributed by atoms with Crippen molar-refractivity contribution in [1.82, 2.24) is 4.57 Å². The van der Waals surface area contributed by atoms with Gasteiger partial charge in [-0.05, 0) is 23.8 Å². The van der Waals surface area contributed by atoms with Crippen molar-refractivity contribution in [1.29, 1.82) is 0 Å². The zero-order valence-corrected chi connectivity index (χ0v) is 18.6. The molecule has 182 valence electrons. The van der Waals surface area contributed by atoms with Gasteiger partial charge in [0.1, 0.15) is 5.75 Å². The average Bonchev–Trinajstić information content (AvgIpc) is 3.20. The number of nitrogens with zero attached hydrogens (tertiary/aromatic N) is 2. The summed E-state index contributed by atoms with van der Waals surface area (Å²) in [4.78, 5) is 10.7. The number of nitro groups is 1. The average molecular weight is 485 g/mol. The van der Waals surface area contributed by atoms with Crippen LogP contribution in [0.15, 0.2) is 79.0 Å². The summed E-state index contributed by atoms with van der Waals surface area (Å²) in [6, 6.07) is 18.9. The molecule has 0 fully saturated rings. The largest absolute Gasteiger partial charge is 0.497 e. The summed E-state index contributed by atoms with van der Waals surface area (Å²) in [6.45, 7) is -0.721. The fraction of sp³-hybridized carbons (Fsp3) is 0.200. The Morgan fingerprint density at radius 2 is 1.80 bits per heavy atom. The standard InChI is InChI=1S/C25H22F3N3O4/c1-35-20-9-5-8-18(12-20)29-16-24(32,25(26,27)28)22-15-30(14-17-6-3-2-4-7-17)23-13-19(31(33)34)10-11-21(22)23/h2-13,15,29,32H,14,16H2,1H3. The van der Waals surface area contributed by atoms with Gasteiger partial charge in [0, 0.05) is 47.6 Å². The van der Waals surface area contributed by atoms with E-state index in [1.807, 2.05) is 0 Å². The van der Waals surface area contributed by atoms with Gasteiger partial charge >= 0.3 is 6.18 Å². The summed E-state index contributed by atoms with van der Waals surface area (Å²) in [5.74, 6) is 0.442. The molecule has 1 unspecified atom stereocenters. The Bertz CT molecular complexity index is 1360. The van der Waals surface area contributed by atoms with Gasteiger partial charge in [-0.1, -0.05) is 36.4 Å². The summed E-state index contributed by atoms with van der Waals surface area (Å²) in [7, 11) is 1.44. The third kappa shape index (κ3) is 4.78. The highest BCUT2D eigenvalue weighted by Gasteiger charge is 2.56. The number of anilines is 1. The maximum absolute atomic E-state index is 14.4. The molecule has 35 heavy (non-hydrogen) atoms. The highest BCUT2D eigenvalue weighted by molar-refractivity contribution is 5.87. The first kappa shape index (κ1) is 24.1. The van der Waals surface area contributed by atoms with Crippen LogP contribution in [0.2, 0.25) is 0 Å². The predicted octanol–water partition coefficient (Wildman–Crippen LogP) is 5.47. The Hall–Kier alpha value is -4.05. The predicted molar refractivity (Wildman–Crippen MR) is 126 cm³/mol. The molecule has 2 N–H and O–H groups in total. The number of halogens is 3. The SMILES string of the molecule is COc1cccc(NCC(O)(c2cn(Cc3ccccc3)c3cc([N+](=O)[O-])ccc23)C(F)(F)F)c1. The van der Waals surface area contributed by atoms with Crippen LogP contribution < -0.4 is 10.1 Å². The van der Waals surface area contributed by atoms with E-state index in [1.165, 1.54) is 36.1 Å². The number of nitro benzene ring substituents is 1. The smallest absolute Gasteiger partial charge is 0.423 e. The molecule has 4 rings (SSSR count). The van der Waals surface area contributed by atoms with Crippen LogP contribution in [0.3, 0.4) is 0 Å². The molecule has 0 aliphatic heterocycles. The summed E-state index contributed by atoms with van der Waals surface area (Å²) in [6.07, 6.45) is -3.84. The molecular weight excluding hydrogens is 463 g/mol. The molecule has 0 saturated heterocycles. The first-order valence-corrected chi connectivity index (χ1v) is 10.6. The number of aromatic nitrogens is 1. The third-order valence-electron chi connectivity index (χ3n) is 5.81. The molecule has 7 nitrogen and oxygen atoms in total. The Morgan fingerprint density at radius 1 is 1.06 bits per heavy atom. The van der Waals surface area contributed by atoms with Gasteiger partial charge in [-0.2, -0.15) is 13.2 Å². The van der Waals surface area contributed by atoms with E-state index in [4.69, 9.17) is 4.74 Å². The van der Waals surface area contributed by atoms with E-state index >= 15 is 0 Å². The van der Waals surface area contributed by atoms with E-state index in [-0.39, 0.29) is 23.1 Å². The van der Waals surface area contributed by atoms with Crippen molar-refractivity contribution in [3.8, 4) is 5.75 Å². The maximum Gasteiger partial charge on any atom is 0.423 e. The van der Waals surface area contributed by atoms with E-state index in [0.717, 1.165) is 11.6 Å². The number of hydrogen-bond acceptors (Lipinski definition) is 5. The van der Waals surface area contributed by atoms with Gasteiger partial charge in [-0.3, -0.25) is 10.1 Å². The van der Waals surface area contributed by atoms with Crippen LogP contribution in [-0.4, -0.2) is 34.4 Å². The molecule has 3 aromatic carbocycles. The van der Waals surface area contributed by atoms with Crippen LogP contribution in [0.1, 0.15) is 11.1 Å². The minimum atomic E-state index is -5.05. The summed E-state index contributed by atoms with van der Waals surface area (Å²) >= 11 is 0. The fourth-order valence-corrected chi connectivity index (χ4v) is 3.95. The van der Waals surface area contributed by atoms with Gasteiger partial charge in [-0.25, -0.2) is 0 Å². The molecule has 0 aliphatic carbocycles. The van der Waals surface area contributed by atoms with Gasteiger partial charge in [-0.15, -0.1) is 0 Å². The van der Waals surface area contributed by atoms with Crippen LogP contribution in [0.5, 0.6) is 5.75 Å². The van der Waals surface area contributed by atoms with E-state index < -0.39 is 28.8 Å². The highest BCUT2D eigenvalue weighted by Crippen LogP contribution is 2.43. The lowest BCUT2D eigenvalue weighted by Gasteiger charge is -2.31. The number of ether oxygens (including phenoxy) is 1.